The highest BCUT2D eigenvalue weighted by atomic mass is 16.5. The van der Waals surface area contributed by atoms with Crippen molar-refractivity contribution in [2.45, 2.75) is 38.2 Å². The van der Waals surface area contributed by atoms with Crippen LogP contribution in [0, 0.1) is 5.92 Å². The third kappa shape index (κ3) is 3.80. The number of para-hydroxylation sites is 1. The van der Waals surface area contributed by atoms with Gasteiger partial charge >= 0.3 is 0 Å². The Balaban J connectivity index is 1.97. The SMILES string of the molecule is C=COCC(Oc1ccccc1)C1CCCCC1. The molecule has 18 heavy (non-hydrogen) atoms. The number of hydrogen-bond acceptors (Lipinski definition) is 2. The second kappa shape index (κ2) is 7.10. The van der Waals surface area contributed by atoms with Gasteiger partial charge in [0.1, 0.15) is 18.5 Å². The van der Waals surface area contributed by atoms with Crippen molar-refractivity contribution in [2.75, 3.05) is 6.61 Å². The van der Waals surface area contributed by atoms with Gasteiger partial charge in [0.05, 0.1) is 6.26 Å². The molecule has 0 aromatic heterocycles. The van der Waals surface area contributed by atoms with Gasteiger partial charge in [-0.2, -0.15) is 0 Å². The van der Waals surface area contributed by atoms with E-state index < -0.39 is 0 Å². The normalized spacial score (nSPS) is 18.0. The van der Waals surface area contributed by atoms with Crippen LogP contribution in [0.1, 0.15) is 32.1 Å². The third-order valence-electron chi connectivity index (χ3n) is 3.58. The molecule has 1 fully saturated rings. The molecule has 0 aliphatic heterocycles. The minimum absolute atomic E-state index is 0.144. The zero-order valence-corrected chi connectivity index (χ0v) is 10.9. The Bertz CT molecular complexity index is 341. The molecule has 0 spiro atoms. The van der Waals surface area contributed by atoms with Crippen molar-refractivity contribution in [1.82, 2.24) is 0 Å². The van der Waals surface area contributed by atoms with Gasteiger partial charge in [-0.25, -0.2) is 0 Å². The van der Waals surface area contributed by atoms with Gasteiger partial charge in [0, 0.05) is 0 Å². The van der Waals surface area contributed by atoms with Gasteiger partial charge in [-0.3, -0.25) is 0 Å². The molecule has 0 saturated heterocycles. The quantitative estimate of drug-likeness (QED) is 0.701. The molecule has 98 valence electrons. The van der Waals surface area contributed by atoms with Gasteiger partial charge in [-0.1, -0.05) is 44.0 Å². The number of benzene rings is 1. The van der Waals surface area contributed by atoms with Gasteiger partial charge in [-0.05, 0) is 30.9 Å². The number of rotatable bonds is 6. The maximum Gasteiger partial charge on any atom is 0.135 e. The van der Waals surface area contributed by atoms with E-state index in [4.69, 9.17) is 9.47 Å². The molecule has 1 unspecified atom stereocenters. The molecule has 1 saturated carbocycles. The number of ether oxygens (including phenoxy) is 2. The number of hydrogen-bond donors (Lipinski definition) is 0. The van der Waals surface area contributed by atoms with Crippen LogP contribution in [0.3, 0.4) is 0 Å². The lowest BCUT2D eigenvalue weighted by molar-refractivity contribution is 0.0447. The largest absolute Gasteiger partial charge is 0.498 e. The summed E-state index contributed by atoms with van der Waals surface area (Å²) in [5.74, 6) is 1.54. The van der Waals surface area contributed by atoms with E-state index in [1.807, 2.05) is 30.3 Å². The van der Waals surface area contributed by atoms with Crippen LogP contribution in [0.25, 0.3) is 0 Å². The Kier molecular flexibility index (Phi) is 5.13. The van der Waals surface area contributed by atoms with Crippen molar-refractivity contribution in [2.24, 2.45) is 5.92 Å². The minimum atomic E-state index is 0.144. The topological polar surface area (TPSA) is 18.5 Å². The first-order chi connectivity index (χ1) is 8.90. The first kappa shape index (κ1) is 13.0. The summed E-state index contributed by atoms with van der Waals surface area (Å²) in [6.45, 7) is 4.21. The van der Waals surface area contributed by atoms with Crippen LogP contribution in [0.5, 0.6) is 5.75 Å². The first-order valence-electron chi connectivity index (χ1n) is 6.84. The van der Waals surface area contributed by atoms with E-state index in [1.165, 1.54) is 38.4 Å². The van der Waals surface area contributed by atoms with E-state index >= 15 is 0 Å². The van der Waals surface area contributed by atoms with Crippen molar-refractivity contribution in [3.05, 3.63) is 43.2 Å². The molecule has 2 nitrogen and oxygen atoms in total. The minimum Gasteiger partial charge on any atom is -0.498 e. The summed E-state index contributed by atoms with van der Waals surface area (Å²) in [4.78, 5) is 0. The maximum absolute atomic E-state index is 6.08. The average molecular weight is 246 g/mol. The van der Waals surface area contributed by atoms with E-state index in [2.05, 4.69) is 6.58 Å². The van der Waals surface area contributed by atoms with E-state index in [9.17, 15) is 0 Å². The molecule has 0 N–H and O–H groups in total. The average Bonchev–Trinajstić information content (AvgIpc) is 2.45. The fourth-order valence-corrected chi connectivity index (χ4v) is 2.61. The van der Waals surface area contributed by atoms with E-state index in [0.29, 0.717) is 12.5 Å². The Morgan fingerprint density at radius 3 is 2.56 bits per heavy atom. The van der Waals surface area contributed by atoms with E-state index in [1.54, 1.807) is 0 Å². The molecule has 1 aromatic carbocycles. The molecule has 0 radical (unpaired) electrons. The van der Waals surface area contributed by atoms with E-state index in [0.717, 1.165) is 5.75 Å². The predicted molar refractivity (Wildman–Crippen MR) is 73.6 cm³/mol. The predicted octanol–water partition coefficient (Wildman–Crippen LogP) is 4.17. The van der Waals surface area contributed by atoms with Crippen molar-refractivity contribution < 1.29 is 9.47 Å². The van der Waals surface area contributed by atoms with Crippen LogP contribution in [0.15, 0.2) is 43.2 Å². The Hall–Kier alpha value is -1.44. The van der Waals surface area contributed by atoms with Crippen LogP contribution in [0.2, 0.25) is 0 Å². The lowest BCUT2D eigenvalue weighted by atomic mass is 9.85. The zero-order valence-electron chi connectivity index (χ0n) is 10.9. The van der Waals surface area contributed by atoms with Gasteiger partial charge in [0.25, 0.3) is 0 Å². The lowest BCUT2D eigenvalue weighted by Gasteiger charge is -2.30. The molecule has 2 heteroatoms. The lowest BCUT2D eigenvalue weighted by Crippen LogP contribution is -2.32. The maximum atomic E-state index is 6.08. The summed E-state index contributed by atoms with van der Waals surface area (Å²) in [6.07, 6.45) is 8.13. The van der Waals surface area contributed by atoms with Crippen LogP contribution in [-0.4, -0.2) is 12.7 Å². The molecule has 1 aliphatic rings. The van der Waals surface area contributed by atoms with Crippen molar-refractivity contribution >= 4 is 0 Å². The molecule has 1 atom stereocenters. The molecular formula is C16H22O2. The van der Waals surface area contributed by atoms with Crippen LogP contribution >= 0.6 is 0 Å². The highest BCUT2D eigenvalue weighted by molar-refractivity contribution is 5.21. The van der Waals surface area contributed by atoms with Crippen molar-refractivity contribution in [1.29, 1.82) is 0 Å². The summed E-state index contributed by atoms with van der Waals surface area (Å²) < 4.78 is 11.4. The summed E-state index contributed by atoms with van der Waals surface area (Å²) in [5.41, 5.74) is 0. The van der Waals surface area contributed by atoms with E-state index in [-0.39, 0.29) is 6.10 Å². The second-order valence-corrected chi connectivity index (χ2v) is 4.87. The standard InChI is InChI=1S/C16H22O2/c1-2-17-13-16(14-9-5-3-6-10-14)18-15-11-7-4-8-12-15/h2,4,7-8,11-12,14,16H,1,3,5-6,9-10,13H2. The molecule has 0 amide bonds. The van der Waals surface area contributed by atoms with Gasteiger partial charge in [0.2, 0.25) is 0 Å². The second-order valence-electron chi connectivity index (χ2n) is 4.87. The molecular weight excluding hydrogens is 224 g/mol. The van der Waals surface area contributed by atoms with Gasteiger partial charge in [-0.15, -0.1) is 0 Å². The zero-order chi connectivity index (χ0) is 12.6. The summed E-state index contributed by atoms with van der Waals surface area (Å²) >= 11 is 0. The molecule has 1 aliphatic carbocycles. The van der Waals surface area contributed by atoms with Crippen LogP contribution in [-0.2, 0) is 4.74 Å². The highest BCUT2D eigenvalue weighted by Crippen LogP contribution is 2.29. The molecule has 1 aromatic rings. The smallest absolute Gasteiger partial charge is 0.135 e. The third-order valence-corrected chi connectivity index (χ3v) is 3.58. The Morgan fingerprint density at radius 1 is 1.17 bits per heavy atom. The Labute approximate surface area is 110 Å². The van der Waals surface area contributed by atoms with Crippen molar-refractivity contribution in [3.8, 4) is 5.75 Å². The molecule has 2 rings (SSSR count). The fraction of sp³-hybridized carbons (Fsp3) is 0.500. The monoisotopic (exact) mass is 246 g/mol. The van der Waals surface area contributed by atoms with Gasteiger partial charge in [0.15, 0.2) is 0 Å². The van der Waals surface area contributed by atoms with Crippen LogP contribution < -0.4 is 4.74 Å². The Morgan fingerprint density at radius 2 is 1.89 bits per heavy atom. The van der Waals surface area contributed by atoms with Gasteiger partial charge < -0.3 is 9.47 Å². The summed E-state index contributed by atoms with van der Waals surface area (Å²) in [6, 6.07) is 10.0. The summed E-state index contributed by atoms with van der Waals surface area (Å²) in [7, 11) is 0. The highest BCUT2D eigenvalue weighted by Gasteiger charge is 2.25. The molecule has 0 bridgehead atoms. The summed E-state index contributed by atoms with van der Waals surface area (Å²) in [5, 5.41) is 0. The first-order valence-corrected chi connectivity index (χ1v) is 6.84. The van der Waals surface area contributed by atoms with Crippen LogP contribution in [0.4, 0.5) is 0 Å². The molecule has 0 heterocycles. The van der Waals surface area contributed by atoms with Crippen molar-refractivity contribution in [3.63, 3.8) is 0 Å². The fourth-order valence-electron chi connectivity index (χ4n) is 2.61.